The third-order valence-electron chi connectivity index (χ3n) is 12.2. The first-order valence-electron chi connectivity index (χ1n) is 18.3. The zero-order valence-corrected chi connectivity index (χ0v) is 29.6. The van der Waals surface area contributed by atoms with Gasteiger partial charge in [0.25, 0.3) is 0 Å². The van der Waals surface area contributed by atoms with Gasteiger partial charge < -0.3 is 13.9 Å². The Hall–Kier alpha value is -5.16. The van der Waals surface area contributed by atoms with Crippen molar-refractivity contribution in [1.29, 1.82) is 0 Å². The predicted molar refractivity (Wildman–Crippen MR) is 212 cm³/mol. The molecule has 0 saturated carbocycles. The summed E-state index contributed by atoms with van der Waals surface area (Å²) in [6.07, 6.45) is 8.99. The van der Waals surface area contributed by atoms with E-state index in [0.717, 1.165) is 29.5 Å². The van der Waals surface area contributed by atoms with Crippen LogP contribution >= 0.6 is 0 Å². The molecule has 1 aromatic heterocycles. The van der Waals surface area contributed by atoms with Crippen molar-refractivity contribution >= 4 is 45.2 Å². The topological polar surface area (TPSA) is 23.4 Å². The van der Waals surface area contributed by atoms with Crippen LogP contribution in [0.1, 0.15) is 57.2 Å². The molecule has 1 saturated heterocycles. The molecule has 3 nitrogen and oxygen atoms in total. The summed E-state index contributed by atoms with van der Waals surface area (Å²) >= 11 is 0. The lowest BCUT2D eigenvalue weighted by Crippen LogP contribution is -2.41. The third kappa shape index (κ3) is 4.27. The van der Waals surface area contributed by atoms with Crippen LogP contribution in [-0.2, 0) is 14.7 Å². The Bertz CT molecular complexity index is 2590. The van der Waals surface area contributed by atoms with E-state index in [4.69, 9.17) is 9.31 Å². The van der Waals surface area contributed by atoms with Crippen molar-refractivity contribution < 1.29 is 9.31 Å². The van der Waals surface area contributed by atoms with Crippen LogP contribution in [0.5, 0.6) is 0 Å². The molecule has 7 aromatic rings. The second-order valence-electron chi connectivity index (χ2n) is 15.4. The van der Waals surface area contributed by atoms with Crippen LogP contribution in [0.2, 0.25) is 0 Å². The summed E-state index contributed by atoms with van der Waals surface area (Å²) in [6, 6.07) is 47.4. The minimum Gasteiger partial charge on any atom is -0.399 e. The highest BCUT2D eigenvalue weighted by atomic mass is 16.7. The normalized spacial score (nSPS) is 20.2. The number of fused-ring (bicyclic) bond motifs is 8. The number of aromatic nitrogens is 1. The average Bonchev–Trinajstić information content (AvgIpc) is 3.73. The summed E-state index contributed by atoms with van der Waals surface area (Å²) in [5, 5.41) is 4.92. The SMILES string of the molecule is CC1(C)OB(c2ccc3c4ccc5ccccc5c4n(-c4ccc5c(c4)-c4ccccc4C5(C4=CC=CCC4)c4ccccc4)c3c2)OC1(C)C. The van der Waals surface area contributed by atoms with E-state index in [9.17, 15) is 0 Å². The molecule has 1 unspecified atom stereocenters. The van der Waals surface area contributed by atoms with Crippen molar-refractivity contribution in [2.24, 2.45) is 0 Å². The Morgan fingerprint density at radius 1 is 0.627 bits per heavy atom. The summed E-state index contributed by atoms with van der Waals surface area (Å²) in [5.74, 6) is 0. The molecule has 0 amide bonds. The summed E-state index contributed by atoms with van der Waals surface area (Å²) in [5.41, 5.74) is 11.4. The van der Waals surface area contributed by atoms with E-state index in [1.165, 1.54) is 60.5 Å². The van der Waals surface area contributed by atoms with Crippen LogP contribution in [0.3, 0.4) is 0 Å². The Labute approximate surface area is 300 Å². The molecule has 2 heterocycles. The molecule has 1 aliphatic heterocycles. The number of nitrogens with zero attached hydrogens (tertiary/aromatic N) is 1. The van der Waals surface area contributed by atoms with E-state index in [1.807, 2.05) is 0 Å². The van der Waals surface area contributed by atoms with Crippen molar-refractivity contribution in [1.82, 2.24) is 4.57 Å². The lowest BCUT2D eigenvalue weighted by molar-refractivity contribution is 0.00578. The van der Waals surface area contributed by atoms with Crippen LogP contribution in [0, 0.1) is 0 Å². The number of allylic oxidation sites excluding steroid dienone is 4. The fourth-order valence-electron chi connectivity index (χ4n) is 9.05. The van der Waals surface area contributed by atoms with E-state index in [2.05, 4.69) is 178 Å². The van der Waals surface area contributed by atoms with Gasteiger partial charge in [0.05, 0.1) is 27.7 Å². The molecule has 0 N–H and O–H groups in total. The Morgan fingerprint density at radius 2 is 1.35 bits per heavy atom. The fourth-order valence-corrected chi connectivity index (χ4v) is 9.05. The van der Waals surface area contributed by atoms with Gasteiger partial charge in [-0.25, -0.2) is 0 Å². The predicted octanol–water partition coefficient (Wildman–Crippen LogP) is 10.8. The van der Waals surface area contributed by atoms with Gasteiger partial charge in [0.15, 0.2) is 0 Å². The average molecular weight is 662 g/mol. The molecule has 10 rings (SSSR count). The first-order chi connectivity index (χ1) is 24.8. The van der Waals surface area contributed by atoms with Crippen LogP contribution in [0.25, 0.3) is 49.4 Å². The van der Waals surface area contributed by atoms with Gasteiger partial charge in [-0.3, -0.25) is 0 Å². The molecular weight excluding hydrogens is 621 g/mol. The van der Waals surface area contributed by atoms with Crippen molar-refractivity contribution in [2.45, 2.75) is 57.2 Å². The summed E-state index contributed by atoms with van der Waals surface area (Å²) < 4.78 is 15.6. The van der Waals surface area contributed by atoms with Gasteiger partial charge in [-0.2, -0.15) is 0 Å². The van der Waals surface area contributed by atoms with Crippen molar-refractivity contribution in [3.05, 3.63) is 168 Å². The first-order valence-corrected chi connectivity index (χ1v) is 18.3. The van der Waals surface area contributed by atoms with Gasteiger partial charge in [-0.05, 0) is 97.4 Å². The second-order valence-corrected chi connectivity index (χ2v) is 15.4. The lowest BCUT2D eigenvalue weighted by Gasteiger charge is -2.36. The Kier molecular flexibility index (Phi) is 6.56. The van der Waals surface area contributed by atoms with E-state index in [-0.39, 0.29) is 5.41 Å². The second kappa shape index (κ2) is 10.9. The smallest absolute Gasteiger partial charge is 0.399 e. The zero-order chi connectivity index (χ0) is 34.5. The van der Waals surface area contributed by atoms with Gasteiger partial charge in [-0.1, -0.05) is 133 Å². The summed E-state index contributed by atoms with van der Waals surface area (Å²) in [6.45, 7) is 8.47. The third-order valence-corrected chi connectivity index (χ3v) is 12.2. The minimum absolute atomic E-state index is 0.353. The molecule has 0 spiro atoms. The molecule has 2 aliphatic carbocycles. The molecule has 1 fully saturated rings. The highest BCUT2D eigenvalue weighted by Crippen LogP contribution is 2.58. The van der Waals surface area contributed by atoms with Gasteiger partial charge in [-0.15, -0.1) is 0 Å². The van der Waals surface area contributed by atoms with Crippen molar-refractivity contribution in [3.8, 4) is 16.8 Å². The fraction of sp³-hybridized carbons (Fsp3) is 0.191. The van der Waals surface area contributed by atoms with Crippen LogP contribution in [0.4, 0.5) is 0 Å². The zero-order valence-electron chi connectivity index (χ0n) is 29.6. The van der Waals surface area contributed by atoms with E-state index in [1.54, 1.807) is 0 Å². The Morgan fingerprint density at radius 3 is 2.16 bits per heavy atom. The number of hydrogen-bond donors (Lipinski definition) is 0. The van der Waals surface area contributed by atoms with Crippen LogP contribution < -0.4 is 5.46 Å². The molecule has 1 atom stereocenters. The molecule has 3 aliphatic rings. The van der Waals surface area contributed by atoms with Gasteiger partial charge in [0, 0.05) is 21.8 Å². The van der Waals surface area contributed by atoms with Crippen LogP contribution in [-0.4, -0.2) is 22.9 Å². The number of hydrogen-bond acceptors (Lipinski definition) is 2. The van der Waals surface area contributed by atoms with Crippen molar-refractivity contribution in [3.63, 3.8) is 0 Å². The van der Waals surface area contributed by atoms with E-state index >= 15 is 0 Å². The largest absolute Gasteiger partial charge is 0.494 e. The first kappa shape index (κ1) is 30.7. The maximum Gasteiger partial charge on any atom is 0.494 e. The molecule has 51 heavy (non-hydrogen) atoms. The molecular formula is C47H40BNO2. The van der Waals surface area contributed by atoms with Gasteiger partial charge in [0.2, 0.25) is 0 Å². The number of rotatable bonds is 4. The van der Waals surface area contributed by atoms with E-state index < -0.39 is 18.3 Å². The van der Waals surface area contributed by atoms with Gasteiger partial charge >= 0.3 is 7.12 Å². The van der Waals surface area contributed by atoms with Gasteiger partial charge in [0.1, 0.15) is 0 Å². The number of benzene rings is 6. The molecule has 248 valence electrons. The molecule has 4 heteroatoms. The quantitative estimate of drug-likeness (QED) is 0.175. The maximum atomic E-state index is 6.57. The van der Waals surface area contributed by atoms with E-state index in [0.29, 0.717) is 0 Å². The Balaban J connectivity index is 1.26. The highest BCUT2D eigenvalue weighted by molar-refractivity contribution is 6.62. The maximum absolute atomic E-state index is 6.57. The lowest BCUT2D eigenvalue weighted by atomic mass is 9.65. The molecule has 6 aromatic carbocycles. The monoisotopic (exact) mass is 661 g/mol. The highest BCUT2D eigenvalue weighted by Gasteiger charge is 2.52. The standard InChI is InChI=1S/C47H40BNO2/c1-45(2)46(3,4)51-48(50-45)34-24-27-38-39-26-23-31-15-11-12-20-36(31)44(39)49(43(38)29-34)35-25-28-42-40(30-35)37-21-13-14-22-41(37)47(42,32-16-7-5-8-17-32)33-18-9-6-10-19-33/h5-9,11-18,20-30H,10,19H2,1-4H3. The molecule has 0 bridgehead atoms. The summed E-state index contributed by atoms with van der Waals surface area (Å²) in [7, 11) is -0.446. The van der Waals surface area contributed by atoms with Crippen molar-refractivity contribution in [2.75, 3.05) is 0 Å². The summed E-state index contributed by atoms with van der Waals surface area (Å²) in [4.78, 5) is 0. The minimum atomic E-state index is -0.446. The van der Waals surface area contributed by atoms with Crippen LogP contribution in [0.15, 0.2) is 151 Å². The molecule has 0 radical (unpaired) electrons.